The minimum atomic E-state index is -3.38. The maximum atomic E-state index is 12.9. The molecule has 1 heterocycles. The first kappa shape index (κ1) is 30.8. The lowest BCUT2D eigenvalue weighted by molar-refractivity contribution is -0.122. The summed E-state index contributed by atoms with van der Waals surface area (Å²) in [6, 6.07) is 19.2. The topological polar surface area (TPSA) is 118 Å². The molecule has 12 heteroatoms. The number of aryl methyl sites for hydroxylation is 1. The molecule has 0 aliphatic rings. The van der Waals surface area contributed by atoms with Crippen LogP contribution < -0.4 is 19.7 Å². The molecule has 0 fully saturated rings. The largest absolute Gasteiger partial charge is 0.487 e. The van der Waals surface area contributed by atoms with Crippen molar-refractivity contribution in [1.82, 2.24) is 10.3 Å². The van der Waals surface area contributed by atoms with Crippen LogP contribution in [0.2, 0.25) is 10.0 Å². The Morgan fingerprint density at radius 3 is 2.48 bits per heavy atom. The Morgan fingerprint density at radius 1 is 1.02 bits per heavy atom. The molecular weight excluding hydrogens is 599 g/mol. The minimum Gasteiger partial charge on any atom is -0.487 e. The number of likely N-dealkylation sites (N-methyl/N-ethyl adjacent to an activating group) is 1. The molecule has 0 bridgehead atoms. The highest BCUT2D eigenvalue weighted by Gasteiger charge is 2.19. The van der Waals surface area contributed by atoms with Crippen molar-refractivity contribution in [3.63, 3.8) is 0 Å². The number of anilines is 2. The number of carbonyl (C=O) groups excluding carboxylic acids is 2. The van der Waals surface area contributed by atoms with E-state index < -0.39 is 21.8 Å². The van der Waals surface area contributed by atoms with Crippen LogP contribution >= 0.6 is 23.2 Å². The van der Waals surface area contributed by atoms with Gasteiger partial charge in [0.1, 0.15) is 17.9 Å². The summed E-state index contributed by atoms with van der Waals surface area (Å²) in [5.41, 5.74) is 3.57. The molecule has 42 heavy (non-hydrogen) atoms. The van der Waals surface area contributed by atoms with Crippen molar-refractivity contribution >= 4 is 73.4 Å². The first-order valence-electron chi connectivity index (χ1n) is 12.7. The Morgan fingerprint density at radius 2 is 1.76 bits per heavy atom. The van der Waals surface area contributed by atoms with Gasteiger partial charge in [-0.25, -0.2) is 13.4 Å². The highest BCUT2D eigenvalue weighted by Crippen LogP contribution is 2.35. The Bertz CT molecular complexity index is 1780. The summed E-state index contributed by atoms with van der Waals surface area (Å²) < 4.78 is 31.1. The van der Waals surface area contributed by atoms with Gasteiger partial charge in [-0.1, -0.05) is 53.5 Å². The number of aromatic nitrogens is 1. The molecule has 0 radical (unpaired) electrons. The number of para-hydroxylation sites is 1. The molecule has 4 rings (SSSR count). The SMILES string of the molecule is Cc1ccc2cccc(OCc3c(Cl)ccc(N(C)C(=O)CNC(=O)C=Cc4ccc(NS(C)(=O)=O)cc4)c3Cl)c2n1. The van der Waals surface area contributed by atoms with E-state index in [-0.39, 0.29) is 18.2 Å². The summed E-state index contributed by atoms with van der Waals surface area (Å²) in [6.45, 7) is 1.68. The third-order valence-electron chi connectivity index (χ3n) is 6.15. The summed E-state index contributed by atoms with van der Waals surface area (Å²) in [5.74, 6) is -0.307. The molecule has 218 valence electrons. The summed E-state index contributed by atoms with van der Waals surface area (Å²) in [5, 5.41) is 4.12. The van der Waals surface area contributed by atoms with Gasteiger partial charge < -0.3 is 15.0 Å². The number of benzene rings is 3. The normalized spacial score (nSPS) is 11.5. The standard InChI is InChI=1S/C30H28Cl2N4O5S/c1-19-7-11-21-5-4-6-26(30(21)34-19)41-18-23-24(31)14-15-25(29(23)32)36(2)28(38)17-33-27(37)16-10-20-8-12-22(13-9-20)35-42(3,39)40/h4-16,35H,17-18H2,1-3H3,(H,33,37). The summed E-state index contributed by atoms with van der Waals surface area (Å²) in [7, 11) is -1.83. The van der Waals surface area contributed by atoms with E-state index in [0.717, 1.165) is 22.9 Å². The molecule has 9 nitrogen and oxygen atoms in total. The molecule has 3 aromatic carbocycles. The van der Waals surface area contributed by atoms with Gasteiger partial charge in [0, 0.05) is 40.5 Å². The molecule has 0 aliphatic carbocycles. The predicted octanol–water partition coefficient (Wildman–Crippen LogP) is 5.59. The number of nitrogens with one attached hydrogen (secondary N) is 2. The zero-order valence-electron chi connectivity index (χ0n) is 23.0. The molecule has 0 aliphatic heterocycles. The molecule has 0 unspecified atom stereocenters. The summed E-state index contributed by atoms with van der Waals surface area (Å²) in [4.78, 5) is 31.1. The van der Waals surface area contributed by atoms with Crippen LogP contribution in [0.25, 0.3) is 17.0 Å². The first-order valence-corrected chi connectivity index (χ1v) is 15.3. The maximum absolute atomic E-state index is 12.9. The van der Waals surface area contributed by atoms with Crippen molar-refractivity contribution in [1.29, 1.82) is 0 Å². The van der Waals surface area contributed by atoms with Gasteiger partial charge in [0.05, 0.1) is 23.5 Å². The number of sulfonamides is 1. The number of ether oxygens (including phenoxy) is 1. The quantitative estimate of drug-likeness (QED) is 0.221. The van der Waals surface area contributed by atoms with Crippen LogP contribution in [0.3, 0.4) is 0 Å². The Balaban J connectivity index is 1.38. The van der Waals surface area contributed by atoms with E-state index in [1.54, 1.807) is 49.5 Å². The van der Waals surface area contributed by atoms with Crippen molar-refractivity contribution in [2.45, 2.75) is 13.5 Å². The summed E-state index contributed by atoms with van der Waals surface area (Å²) in [6.07, 6.45) is 3.88. The lowest BCUT2D eigenvalue weighted by atomic mass is 10.1. The zero-order chi connectivity index (χ0) is 30.4. The number of carbonyl (C=O) groups is 2. The van der Waals surface area contributed by atoms with E-state index in [2.05, 4.69) is 15.0 Å². The number of hydrogen-bond acceptors (Lipinski definition) is 6. The fourth-order valence-electron chi connectivity index (χ4n) is 3.98. The zero-order valence-corrected chi connectivity index (χ0v) is 25.3. The molecular formula is C30H28Cl2N4O5S. The predicted molar refractivity (Wildman–Crippen MR) is 168 cm³/mol. The van der Waals surface area contributed by atoms with Gasteiger partial charge in [-0.2, -0.15) is 0 Å². The van der Waals surface area contributed by atoms with Gasteiger partial charge in [0.2, 0.25) is 21.8 Å². The second-order valence-electron chi connectivity index (χ2n) is 9.43. The van der Waals surface area contributed by atoms with Crippen LogP contribution in [-0.4, -0.2) is 45.1 Å². The first-order chi connectivity index (χ1) is 19.9. The van der Waals surface area contributed by atoms with Crippen LogP contribution in [0.1, 0.15) is 16.8 Å². The average Bonchev–Trinajstić information content (AvgIpc) is 2.94. The molecule has 0 saturated carbocycles. The van der Waals surface area contributed by atoms with Gasteiger partial charge in [-0.15, -0.1) is 0 Å². The molecule has 2 N–H and O–H groups in total. The lowest BCUT2D eigenvalue weighted by Crippen LogP contribution is -2.37. The number of pyridine rings is 1. The van der Waals surface area contributed by atoms with Crippen LogP contribution in [-0.2, 0) is 26.2 Å². The fraction of sp³-hybridized carbons (Fsp3) is 0.167. The molecule has 2 amide bonds. The van der Waals surface area contributed by atoms with Crippen molar-refractivity contribution < 1.29 is 22.7 Å². The highest BCUT2D eigenvalue weighted by atomic mass is 35.5. The second-order valence-corrected chi connectivity index (χ2v) is 12.0. The average molecular weight is 628 g/mol. The highest BCUT2D eigenvalue weighted by molar-refractivity contribution is 7.92. The van der Waals surface area contributed by atoms with Gasteiger partial charge in [-0.3, -0.25) is 14.3 Å². The number of hydrogen-bond donors (Lipinski definition) is 2. The number of nitrogens with zero attached hydrogens (tertiary/aromatic N) is 2. The van der Waals surface area contributed by atoms with E-state index in [1.807, 2.05) is 37.3 Å². The van der Waals surface area contributed by atoms with Gasteiger partial charge in [-0.05, 0) is 55.0 Å². The molecule has 4 aromatic rings. The number of halogens is 2. The Hall–Kier alpha value is -4.12. The van der Waals surface area contributed by atoms with E-state index in [1.165, 1.54) is 11.0 Å². The smallest absolute Gasteiger partial charge is 0.246 e. The van der Waals surface area contributed by atoms with E-state index in [9.17, 15) is 18.0 Å². The number of fused-ring (bicyclic) bond motifs is 1. The van der Waals surface area contributed by atoms with Crippen LogP contribution in [0.15, 0.2) is 72.8 Å². The van der Waals surface area contributed by atoms with Crippen molar-refractivity contribution in [3.8, 4) is 5.75 Å². The van der Waals surface area contributed by atoms with Crippen LogP contribution in [0, 0.1) is 6.92 Å². The van der Waals surface area contributed by atoms with E-state index in [4.69, 9.17) is 27.9 Å². The monoisotopic (exact) mass is 626 g/mol. The summed E-state index contributed by atoms with van der Waals surface area (Å²) >= 11 is 13.1. The number of rotatable bonds is 10. The van der Waals surface area contributed by atoms with E-state index >= 15 is 0 Å². The van der Waals surface area contributed by atoms with Crippen LogP contribution in [0.5, 0.6) is 5.75 Å². The maximum Gasteiger partial charge on any atom is 0.246 e. The lowest BCUT2D eigenvalue weighted by Gasteiger charge is -2.21. The molecule has 0 spiro atoms. The number of amides is 2. The Labute approximate surface area is 254 Å². The fourth-order valence-corrected chi connectivity index (χ4v) is 5.15. The third-order valence-corrected chi connectivity index (χ3v) is 7.53. The van der Waals surface area contributed by atoms with E-state index in [0.29, 0.717) is 33.3 Å². The van der Waals surface area contributed by atoms with Gasteiger partial charge in [0.25, 0.3) is 0 Å². The Kier molecular flexibility index (Phi) is 9.72. The van der Waals surface area contributed by atoms with Gasteiger partial charge in [0.15, 0.2) is 0 Å². The van der Waals surface area contributed by atoms with Gasteiger partial charge >= 0.3 is 0 Å². The molecule has 0 saturated heterocycles. The molecule has 1 aromatic heterocycles. The minimum absolute atomic E-state index is 0.0507. The van der Waals surface area contributed by atoms with Crippen molar-refractivity contribution in [2.24, 2.45) is 0 Å². The third kappa shape index (κ3) is 8.00. The molecule has 0 atom stereocenters. The van der Waals surface area contributed by atoms with Crippen molar-refractivity contribution in [2.75, 3.05) is 29.5 Å². The van der Waals surface area contributed by atoms with Crippen molar-refractivity contribution in [3.05, 3.63) is 99.7 Å². The van der Waals surface area contributed by atoms with Crippen LogP contribution in [0.4, 0.5) is 11.4 Å². The second kappa shape index (κ2) is 13.2.